The number of carbonyl (C=O) groups excluding carboxylic acids is 2. The van der Waals surface area contributed by atoms with Crippen molar-refractivity contribution in [1.29, 1.82) is 0 Å². The van der Waals surface area contributed by atoms with Crippen molar-refractivity contribution in [3.63, 3.8) is 0 Å². The van der Waals surface area contributed by atoms with Crippen molar-refractivity contribution in [3.05, 3.63) is 72.1 Å². The number of para-hydroxylation sites is 1. The van der Waals surface area contributed by atoms with Crippen LogP contribution in [0.3, 0.4) is 0 Å². The van der Waals surface area contributed by atoms with E-state index < -0.39 is 0 Å². The number of hydrogen-bond acceptors (Lipinski definition) is 4. The number of cyclic esters (lactones) is 1. The maximum absolute atomic E-state index is 12.4. The molecule has 7 heteroatoms. The number of amides is 2. The van der Waals surface area contributed by atoms with Crippen LogP contribution in [0.5, 0.6) is 0 Å². The van der Waals surface area contributed by atoms with Crippen LogP contribution in [0.25, 0.3) is 5.69 Å². The molecule has 5 rings (SSSR count). The molecule has 1 unspecified atom stereocenters. The number of ether oxygens (including phenoxy) is 1. The predicted molar refractivity (Wildman–Crippen MR) is 104 cm³/mol. The first kappa shape index (κ1) is 16.6. The fourth-order valence-corrected chi connectivity index (χ4v) is 3.88. The van der Waals surface area contributed by atoms with Gasteiger partial charge < -0.3 is 10.1 Å². The Morgan fingerprint density at radius 2 is 1.89 bits per heavy atom. The predicted octanol–water partition coefficient (Wildman–Crippen LogP) is 3.30. The normalized spacial score (nSPS) is 18.6. The van der Waals surface area contributed by atoms with Gasteiger partial charge in [0.2, 0.25) is 5.91 Å². The number of carbonyl (C=O) groups is 2. The van der Waals surface area contributed by atoms with Crippen LogP contribution in [0.1, 0.15) is 23.6 Å². The molecular weight excluding hydrogens is 356 g/mol. The van der Waals surface area contributed by atoms with Crippen molar-refractivity contribution in [3.8, 4) is 5.69 Å². The summed E-state index contributed by atoms with van der Waals surface area (Å²) in [5.74, 6) is -0.175. The van der Waals surface area contributed by atoms with E-state index in [0.717, 1.165) is 28.3 Å². The molecule has 0 aliphatic carbocycles. The molecular formula is C21H18N4O3. The Bertz CT molecular complexity index is 1060. The molecule has 2 aliphatic rings. The Labute approximate surface area is 161 Å². The van der Waals surface area contributed by atoms with Gasteiger partial charge in [0.15, 0.2) is 0 Å². The van der Waals surface area contributed by atoms with Crippen molar-refractivity contribution in [2.45, 2.75) is 12.3 Å². The zero-order chi connectivity index (χ0) is 19.1. The number of benzene rings is 2. The summed E-state index contributed by atoms with van der Waals surface area (Å²) in [4.78, 5) is 25.9. The van der Waals surface area contributed by atoms with Crippen LogP contribution in [-0.4, -0.2) is 34.9 Å². The minimum Gasteiger partial charge on any atom is -0.447 e. The fourth-order valence-electron chi connectivity index (χ4n) is 3.88. The summed E-state index contributed by atoms with van der Waals surface area (Å²) in [6.07, 6.45) is 1.74. The highest BCUT2D eigenvalue weighted by Crippen LogP contribution is 2.39. The third-order valence-corrected chi connectivity index (χ3v) is 5.18. The number of anilines is 2. The van der Waals surface area contributed by atoms with Crippen LogP contribution in [0.15, 0.2) is 60.8 Å². The van der Waals surface area contributed by atoms with Gasteiger partial charge in [0.05, 0.1) is 17.9 Å². The van der Waals surface area contributed by atoms with E-state index in [-0.39, 0.29) is 17.9 Å². The van der Waals surface area contributed by atoms with Crippen LogP contribution in [-0.2, 0) is 9.53 Å². The summed E-state index contributed by atoms with van der Waals surface area (Å²) in [5, 5.41) is 7.41. The molecule has 1 saturated heterocycles. The smallest absolute Gasteiger partial charge is 0.414 e. The largest absolute Gasteiger partial charge is 0.447 e. The lowest BCUT2D eigenvalue weighted by Gasteiger charge is -2.27. The fraction of sp³-hybridized carbons (Fsp3) is 0.190. The highest BCUT2D eigenvalue weighted by Gasteiger charge is 2.31. The lowest BCUT2D eigenvalue weighted by molar-refractivity contribution is -0.116. The molecule has 1 N–H and O–H groups in total. The molecule has 1 fully saturated rings. The van der Waals surface area contributed by atoms with E-state index >= 15 is 0 Å². The molecule has 3 heterocycles. The van der Waals surface area contributed by atoms with E-state index in [1.54, 1.807) is 11.1 Å². The van der Waals surface area contributed by atoms with Gasteiger partial charge in [-0.05, 0) is 35.9 Å². The first-order chi connectivity index (χ1) is 13.7. The Kier molecular flexibility index (Phi) is 3.86. The van der Waals surface area contributed by atoms with Gasteiger partial charge in [-0.3, -0.25) is 9.69 Å². The summed E-state index contributed by atoms with van der Waals surface area (Å²) >= 11 is 0. The van der Waals surface area contributed by atoms with Crippen molar-refractivity contribution in [2.24, 2.45) is 0 Å². The van der Waals surface area contributed by atoms with Crippen molar-refractivity contribution >= 4 is 23.4 Å². The average molecular weight is 374 g/mol. The molecule has 2 amide bonds. The Morgan fingerprint density at radius 3 is 2.68 bits per heavy atom. The zero-order valence-corrected chi connectivity index (χ0v) is 15.0. The Balaban J connectivity index is 1.56. The van der Waals surface area contributed by atoms with Gasteiger partial charge in [-0.15, -0.1) is 0 Å². The number of aromatic nitrogens is 2. The topological polar surface area (TPSA) is 76.5 Å². The second kappa shape index (κ2) is 6.53. The molecule has 2 aliphatic heterocycles. The average Bonchev–Trinajstić information content (AvgIpc) is 3.36. The van der Waals surface area contributed by atoms with E-state index in [1.165, 1.54) is 0 Å². The second-order valence-corrected chi connectivity index (χ2v) is 6.85. The standard InChI is InChI=1S/C21H18N4O3/c26-20-13-17(19-8-9-22-25(19)14-4-2-1-3-5-14)16-7-6-15(12-18(16)23-20)24-10-11-28-21(24)27/h1-9,12,17H,10-11,13H2,(H,23,26). The minimum absolute atomic E-state index is 0.0561. The van der Waals surface area contributed by atoms with Gasteiger partial charge in [-0.2, -0.15) is 5.10 Å². The van der Waals surface area contributed by atoms with Crippen LogP contribution in [0.2, 0.25) is 0 Å². The van der Waals surface area contributed by atoms with Gasteiger partial charge in [0.1, 0.15) is 6.61 Å². The molecule has 7 nitrogen and oxygen atoms in total. The number of nitrogens with one attached hydrogen (secondary N) is 1. The maximum Gasteiger partial charge on any atom is 0.414 e. The summed E-state index contributed by atoms with van der Waals surface area (Å²) in [6.45, 7) is 0.886. The number of rotatable bonds is 3. The molecule has 1 atom stereocenters. The minimum atomic E-state index is -0.360. The van der Waals surface area contributed by atoms with Crippen LogP contribution in [0.4, 0.5) is 16.2 Å². The van der Waals surface area contributed by atoms with Gasteiger partial charge in [0.25, 0.3) is 0 Å². The summed E-state index contributed by atoms with van der Waals surface area (Å²) < 4.78 is 6.89. The van der Waals surface area contributed by atoms with Gasteiger partial charge >= 0.3 is 6.09 Å². The first-order valence-electron chi connectivity index (χ1n) is 9.18. The lowest BCUT2D eigenvalue weighted by Crippen LogP contribution is -2.27. The van der Waals surface area contributed by atoms with E-state index in [2.05, 4.69) is 10.4 Å². The van der Waals surface area contributed by atoms with Gasteiger partial charge in [-0.1, -0.05) is 24.3 Å². The molecule has 140 valence electrons. The second-order valence-electron chi connectivity index (χ2n) is 6.85. The van der Waals surface area contributed by atoms with E-state index in [9.17, 15) is 9.59 Å². The van der Waals surface area contributed by atoms with E-state index in [1.807, 2.05) is 59.3 Å². The van der Waals surface area contributed by atoms with Gasteiger partial charge in [-0.25, -0.2) is 9.48 Å². The molecule has 0 radical (unpaired) electrons. The van der Waals surface area contributed by atoms with Crippen LogP contribution < -0.4 is 10.2 Å². The lowest BCUT2D eigenvalue weighted by atomic mass is 9.87. The van der Waals surface area contributed by atoms with E-state index in [4.69, 9.17) is 4.74 Å². The SMILES string of the molecule is O=C1CC(c2ccnn2-c2ccccc2)c2ccc(N3CCOC3=O)cc2N1. The molecule has 0 spiro atoms. The molecule has 3 aromatic rings. The maximum atomic E-state index is 12.4. The monoisotopic (exact) mass is 374 g/mol. The third kappa shape index (κ3) is 2.72. The highest BCUT2D eigenvalue weighted by atomic mass is 16.6. The zero-order valence-electron chi connectivity index (χ0n) is 15.0. The number of hydrogen-bond donors (Lipinski definition) is 1. The van der Waals surface area contributed by atoms with Crippen LogP contribution >= 0.6 is 0 Å². The third-order valence-electron chi connectivity index (χ3n) is 5.18. The quantitative estimate of drug-likeness (QED) is 0.763. The molecule has 2 aromatic carbocycles. The van der Waals surface area contributed by atoms with E-state index in [0.29, 0.717) is 19.6 Å². The molecule has 0 saturated carbocycles. The summed E-state index contributed by atoms with van der Waals surface area (Å²) in [7, 11) is 0. The van der Waals surface area contributed by atoms with Crippen molar-refractivity contribution < 1.29 is 14.3 Å². The summed E-state index contributed by atoms with van der Waals surface area (Å²) in [5.41, 5.74) is 4.36. The highest BCUT2D eigenvalue weighted by molar-refractivity contribution is 5.97. The molecule has 28 heavy (non-hydrogen) atoms. The van der Waals surface area contributed by atoms with Crippen LogP contribution in [0, 0.1) is 0 Å². The van der Waals surface area contributed by atoms with Crippen molar-refractivity contribution in [2.75, 3.05) is 23.4 Å². The number of fused-ring (bicyclic) bond motifs is 1. The van der Waals surface area contributed by atoms with Gasteiger partial charge in [0, 0.05) is 29.9 Å². The molecule has 0 bridgehead atoms. The first-order valence-corrected chi connectivity index (χ1v) is 9.18. The Morgan fingerprint density at radius 1 is 1.04 bits per heavy atom. The Hall–Kier alpha value is -3.61. The van der Waals surface area contributed by atoms with Crippen molar-refractivity contribution in [1.82, 2.24) is 9.78 Å². The number of nitrogens with zero attached hydrogens (tertiary/aromatic N) is 3. The molecule has 1 aromatic heterocycles. The summed E-state index contributed by atoms with van der Waals surface area (Å²) in [6, 6.07) is 17.5.